The molecule has 0 aromatic heterocycles. The van der Waals surface area contributed by atoms with Gasteiger partial charge in [0.25, 0.3) is 0 Å². The molecule has 1 saturated heterocycles. The highest BCUT2D eigenvalue weighted by molar-refractivity contribution is 5.68. The molecule has 0 spiro atoms. The minimum Gasteiger partial charge on any atom is -0.488 e. The van der Waals surface area contributed by atoms with E-state index in [1.54, 1.807) is 11.0 Å². The molecular formula is C15H21FN2O3. The number of nitrogens with zero attached hydrogens (tertiary/aromatic N) is 1. The van der Waals surface area contributed by atoms with Gasteiger partial charge in [0, 0.05) is 19.0 Å². The van der Waals surface area contributed by atoms with Crippen molar-refractivity contribution in [3.8, 4) is 5.75 Å². The quantitative estimate of drug-likeness (QED) is 0.852. The third-order valence-electron chi connectivity index (χ3n) is 3.07. The van der Waals surface area contributed by atoms with E-state index >= 15 is 0 Å². The first-order chi connectivity index (χ1) is 9.74. The maximum absolute atomic E-state index is 13.4. The van der Waals surface area contributed by atoms with E-state index in [0.717, 1.165) is 0 Å². The highest BCUT2D eigenvalue weighted by Crippen LogP contribution is 2.23. The minimum absolute atomic E-state index is 0.0872. The molecule has 1 aromatic rings. The van der Waals surface area contributed by atoms with Crippen LogP contribution in [0.2, 0.25) is 0 Å². The van der Waals surface area contributed by atoms with Crippen molar-refractivity contribution in [2.45, 2.75) is 38.9 Å². The Bertz CT molecular complexity index is 528. The standard InChI is InChI=1S/C15H21FN2O3/c1-15(2,3)21-14(19)18-7-6-11(9-18)20-10-4-5-13(17)12(16)8-10/h4-5,8,11H,6-7,9,17H2,1-3H3/t11-/m0/s1. The van der Waals surface area contributed by atoms with Gasteiger partial charge in [0.15, 0.2) is 0 Å². The molecule has 0 aliphatic carbocycles. The van der Waals surface area contributed by atoms with Gasteiger partial charge in [-0.1, -0.05) is 0 Å². The molecule has 116 valence electrons. The first-order valence-electron chi connectivity index (χ1n) is 6.94. The average molecular weight is 296 g/mol. The Balaban J connectivity index is 1.90. The van der Waals surface area contributed by atoms with Crippen LogP contribution in [0.3, 0.4) is 0 Å². The molecule has 1 amide bonds. The van der Waals surface area contributed by atoms with E-state index in [1.807, 2.05) is 20.8 Å². The molecule has 1 aliphatic rings. The van der Waals surface area contributed by atoms with E-state index in [4.69, 9.17) is 15.2 Å². The summed E-state index contributed by atoms with van der Waals surface area (Å²) in [5.41, 5.74) is 4.99. The fourth-order valence-electron chi connectivity index (χ4n) is 2.09. The van der Waals surface area contributed by atoms with Gasteiger partial charge in [0.05, 0.1) is 12.2 Å². The number of rotatable bonds is 2. The topological polar surface area (TPSA) is 64.8 Å². The van der Waals surface area contributed by atoms with Crippen molar-refractivity contribution < 1.29 is 18.7 Å². The van der Waals surface area contributed by atoms with Crippen molar-refractivity contribution in [3.63, 3.8) is 0 Å². The zero-order valence-corrected chi connectivity index (χ0v) is 12.6. The molecule has 0 radical (unpaired) electrons. The summed E-state index contributed by atoms with van der Waals surface area (Å²) < 4.78 is 24.3. The van der Waals surface area contributed by atoms with Crippen LogP contribution >= 0.6 is 0 Å². The van der Waals surface area contributed by atoms with Crippen molar-refractivity contribution in [3.05, 3.63) is 24.0 Å². The molecule has 6 heteroatoms. The van der Waals surface area contributed by atoms with Crippen LogP contribution in [-0.2, 0) is 4.74 Å². The number of anilines is 1. The molecular weight excluding hydrogens is 275 g/mol. The van der Waals surface area contributed by atoms with Crippen LogP contribution < -0.4 is 10.5 Å². The number of hydrogen-bond donors (Lipinski definition) is 1. The zero-order chi connectivity index (χ0) is 15.6. The molecule has 0 bridgehead atoms. The van der Waals surface area contributed by atoms with Crippen LogP contribution in [0.1, 0.15) is 27.2 Å². The molecule has 1 fully saturated rings. The monoisotopic (exact) mass is 296 g/mol. The number of carbonyl (C=O) groups excluding carboxylic acids is 1. The Hall–Kier alpha value is -1.98. The van der Waals surface area contributed by atoms with E-state index < -0.39 is 11.4 Å². The van der Waals surface area contributed by atoms with Gasteiger partial charge in [-0.05, 0) is 32.9 Å². The van der Waals surface area contributed by atoms with Gasteiger partial charge >= 0.3 is 6.09 Å². The molecule has 2 N–H and O–H groups in total. The number of likely N-dealkylation sites (tertiary alicyclic amines) is 1. The number of halogens is 1. The first kappa shape index (κ1) is 15.4. The molecule has 0 unspecified atom stereocenters. The Morgan fingerprint density at radius 3 is 2.76 bits per heavy atom. The van der Waals surface area contributed by atoms with Gasteiger partial charge in [0.1, 0.15) is 23.3 Å². The van der Waals surface area contributed by atoms with Crippen LogP contribution in [0.5, 0.6) is 5.75 Å². The molecule has 2 rings (SSSR count). The number of hydrogen-bond acceptors (Lipinski definition) is 4. The Labute approximate surface area is 123 Å². The Morgan fingerprint density at radius 1 is 1.43 bits per heavy atom. The molecule has 1 heterocycles. The number of ether oxygens (including phenoxy) is 2. The van der Waals surface area contributed by atoms with Gasteiger partial charge in [0.2, 0.25) is 0 Å². The normalized spacial score (nSPS) is 18.7. The van der Waals surface area contributed by atoms with Crippen LogP contribution in [0.4, 0.5) is 14.9 Å². The summed E-state index contributed by atoms with van der Waals surface area (Å²) in [5, 5.41) is 0. The average Bonchev–Trinajstić information content (AvgIpc) is 2.80. The summed E-state index contributed by atoms with van der Waals surface area (Å²) >= 11 is 0. The highest BCUT2D eigenvalue weighted by Gasteiger charge is 2.30. The van der Waals surface area contributed by atoms with Crippen molar-refractivity contribution in [1.29, 1.82) is 0 Å². The Kier molecular flexibility index (Phi) is 4.25. The molecule has 1 aliphatic heterocycles. The predicted molar refractivity (Wildman–Crippen MR) is 77.7 cm³/mol. The van der Waals surface area contributed by atoms with Gasteiger partial charge in [-0.25, -0.2) is 9.18 Å². The zero-order valence-electron chi connectivity index (χ0n) is 12.6. The van der Waals surface area contributed by atoms with Crippen molar-refractivity contribution in [2.24, 2.45) is 0 Å². The fraction of sp³-hybridized carbons (Fsp3) is 0.533. The maximum atomic E-state index is 13.4. The maximum Gasteiger partial charge on any atom is 0.410 e. The number of nitrogen functional groups attached to an aromatic ring is 1. The predicted octanol–water partition coefficient (Wildman–Crippen LogP) is 2.80. The number of amides is 1. The summed E-state index contributed by atoms with van der Waals surface area (Å²) in [4.78, 5) is 13.5. The SMILES string of the molecule is CC(C)(C)OC(=O)N1CC[C@H](Oc2ccc(N)c(F)c2)C1. The van der Waals surface area contributed by atoms with Crippen molar-refractivity contribution in [1.82, 2.24) is 4.90 Å². The largest absolute Gasteiger partial charge is 0.488 e. The van der Waals surface area contributed by atoms with Crippen molar-refractivity contribution in [2.75, 3.05) is 18.8 Å². The first-order valence-corrected chi connectivity index (χ1v) is 6.94. The third kappa shape index (κ3) is 4.24. The third-order valence-corrected chi connectivity index (χ3v) is 3.07. The molecule has 1 atom stereocenters. The molecule has 0 saturated carbocycles. The lowest BCUT2D eigenvalue weighted by Crippen LogP contribution is -2.36. The van der Waals surface area contributed by atoms with Gasteiger partial charge in [-0.2, -0.15) is 0 Å². The van der Waals surface area contributed by atoms with Gasteiger partial charge < -0.3 is 20.1 Å². The number of carbonyl (C=O) groups is 1. The second kappa shape index (κ2) is 5.79. The lowest BCUT2D eigenvalue weighted by Gasteiger charge is -2.24. The summed E-state index contributed by atoms with van der Waals surface area (Å²) in [6, 6.07) is 4.34. The summed E-state index contributed by atoms with van der Waals surface area (Å²) in [7, 11) is 0. The van der Waals surface area contributed by atoms with Gasteiger partial charge in [-0.15, -0.1) is 0 Å². The fourth-order valence-corrected chi connectivity index (χ4v) is 2.09. The smallest absolute Gasteiger partial charge is 0.410 e. The lowest BCUT2D eigenvalue weighted by molar-refractivity contribution is 0.0275. The van der Waals surface area contributed by atoms with Crippen LogP contribution in [0, 0.1) is 5.82 Å². The van der Waals surface area contributed by atoms with E-state index in [0.29, 0.717) is 25.3 Å². The second-order valence-electron chi connectivity index (χ2n) is 6.14. The lowest BCUT2D eigenvalue weighted by atomic mass is 10.2. The van der Waals surface area contributed by atoms with E-state index in [2.05, 4.69) is 0 Å². The molecule has 21 heavy (non-hydrogen) atoms. The van der Waals surface area contributed by atoms with E-state index in [9.17, 15) is 9.18 Å². The summed E-state index contributed by atoms with van der Waals surface area (Å²) in [6.07, 6.45) is 0.170. The highest BCUT2D eigenvalue weighted by atomic mass is 19.1. The van der Waals surface area contributed by atoms with Crippen LogP contribution in [-0.4, -0.2) is 35.8 Å². The summed E-state index contributed by atoms with van der Waals surface area (Å²) in [6.45, 7) is 6.47. The summed E-state index contributed by atoms with van der Waals surface area (Å²) in [5.74, 6) is -0.0905. The van der Waals surface area contributed by atoms with Crippen molar-refractivity contribution >= 4 is 11.8 Å². The van der Waals surface area contributed by atoms with E-state index in [-0.39, 0.29) is 17.9 Å². The molecule has 1 aromatic carbocycles. The van der Waals surface area contributed by atoms with Gasteiger partial charge in [-0.3, -0.25) is 0 Å². The van der Waals surface area contributed by atoms with E-state index in [1.165, 1.54) is 12.1 Å². The molecule has 5 nitrogen and oxygen atoms in total. The number of nitrogens with two attached hydrogens (primary N) is 1. The van der Waals surface area contributed by atoms with Crippen LogP contribution in [0.25, 0.3) is 0 Å². The van der Waals surface area contributed by atoms with Crippen LogP contribution in [0.15, 0.2) is 18.2 Å². The minimum atomic E-state index is -0.518. The second-order valence-corrected chi connectivity index (χ2v) is 6.14. The Morgan fingerprint density at radius 2 is 2.14 bits per heavy atom. The number of benzene rings is 1.